The number of amides is 1. The molecule has 7 nitrogen and oxygen atoms in total. The van der Waals surface area contributed by atoms with Crippen molar-refractivity contribution in [1.29, 1.82) is 0 Å². The molecule has 0 bridgehead atoms. The quantitative estimate of drug-likeness (QED) is 0.808. The minimum Gasteiger partial charge on any atom is -0.481 e. The molecule has 122 valence electrons. The molecule has 8 heteroatoms. The van der Waals surface area contributed by atoms with Crippen molar-refractivity contribution in [3.63, 3.8) is 0 Å². The van der Waals surface area contributed by atoms with Gasteiger partial charge in [0, 0.05) is 12.3 Å². The SMILES string of the molecule is CS(=O)(=O)c1ccc(C(=O)N[C@H]2CCCCC[C@H]2C(=O)O)o1. The highest BCUT2D eigenvalue weighted by Gasteiger charge is 2.31. The fourth-order valence-electron chi connectivity index (χ4n) is 2.66. The van der Waals surface area contributed by atoms with E-state index in [-0.39, 0.29) is 10.9 Å². The van der Waals surface area contributed by atoms with E-state index in [0.717, 1.165) is 25.5 Å². The van der Waals surface area contributed by atoms with Crippen molar-refractivity contribution in [2.75, 3.05) is 6.26 Å². The predicted molar refractivity (Wildman–Crippen MR) is 77.3 cm³/mol. The molecule has 2 atom stereocenters. The van der Waals surface area contributed by atoms with Crippen LogP contribution in [-0.4, -0.2) is 37.7 Å². The molecule has 0 spiro atoms. The number of carboxylic acid groups (broad SMARTS) is 1. The fraction of sp³-hybridized carbons (Fsp3) is 0.571. The number of sulfone groups is 1. The Balaban J connectivity index is 2.12. The molecule has 0 aromatic carbocycles. The van der Waals surface area contributed by atoms with Gasteiger partial charge >= 0.3 is 5.97 Å². The molecule has 2 N–H and O–H groups in total. The van der Waals surface area contributed by atoms with Gasteiger partial charge in [-0.25, -0.2) is 8.42 Å². The third-order valence-electron chi connectivity index (χ3n) is 3.82. The highest BCUT2D eigenvalue weighted by atomic mass is 32.2. The molecule has 1 heterocycles. The molecule has 1 amide bonds. The number of hydrogen-bond acceptors (Lipinski definition) is 5. The van der Waals surface area contributed by atoms with E-state index in [9.17, 15) is 23.1 Å². The van der Waals surface area contributed by atoms with E-state index >= 15 is 0 Å². The second-order valence-corrected chi connectivity index (χ2v) is 7.50. The monoisotopic (exact) mass is 329 g/mol. The van der Waals surface area contributed by atoms with Gasteiger partial charge in [0.25, 0.3) is 5.91 Å². The van der Waals surface area contributed by atoms with Crippen LogP contribution in [0.1, 0.15) is 42.7 Å². The zero-order valence-electron chi connectivity index (χ0n) is 12.2. The van der Waals surface area contributed by atoms with Crippen LogP contribution >= 0.6 is 0 Å². The fourth-order valence-corrected chi connectivity index (χ4v) is 3.21. The molecule has 0 aliphatic heterocycles. The van der Waals surface area contributed by atoms with Crippen LogP contribution in [0.5, 0.6) is 0 Å². The lowest BCUT2D eigenvalue weighted by atomic mass is 9.95. The summed E-state index contributed by atoms with van der Waals surface area (Å²) in [7, 11) is -3.52. The van der Waals surface area contributed by atoms with Gasteiger partial charge in [-0.15, -0.1) is 0 Å². The second-order valence-electron chi connectivity index (χ2n) is 5.55. The first kappa shape index (κ1) is 16.5. The number of hydrogen-bond donors (Lipinski definition) is 2. The molecule has 1 fully saturated rings. The van der Waals surface area contributed by atoms with Gasteiger partial charge in [0.05, 0.1) is 5.92 Å². The summed E-state index contributed by atoms with van der Waals surface area (Å²) in [6, 6.07) is 2.02. The summed E-state index contributed by atoms with van der Waals surface area (Å²) >= 11 is 0. The van der Waals surface area contributed by atoms with Gasteiger partial charge < -0.3 is 14.8 Å². The van der Waals surface area contributed by atoms with E-state index < -0.39 is 33.7 Å². The highest BCUT2D eigenvalue weighted by molar-refractivity contribution is 7.90. The maximum atomic E-state index is 12.1. The Morgan fingerprint density at radius 3 is 2.50 bits per heavy atom. The van der Waals surface area contributed by atoms with Crippen molar-refractivity contribution in [1.82, 2.24) is 5.32 Å². The Morgan fingerprint density at radius 1 is 1.23 bits per heavy atom. The summed E-state index contributed by atoms with van der Waals surface area (Å²) in [5.74, 6) is -2.28. The van der Waals surface area contributed by atoms with Crippen molar-refractivity contribution in [3.8, 4) is 0 Å². The maximum Gasteiger partial charge on any atom is 0.308 e. The van der Waals surface area contributed by atoms with Gasteiger partial charge in [-0.2, -0.15) is 0 Å². The third kappa shape index (κ3) is 3.88. The summed E-state index contributed by atoms with van der Waals surface area (Å²) in [4.78, 5) is 23.5. The summed E-state index contributed by atoms with van der Waals surface area (Å²) < 4.78 is 27.7. The molecule has 0 unspecified atom stereocenters. The van der Waals surface area contributed by atoms with Crippen LogP contribution in [0.15, 0.2) is 21.6 Å². The Labute approximate surface area is 128 Å². The van der Waals surface area contributed by atoms with Crippen LogP contribution in [0.4, 0.5) is 0 Å². The first-order valence-electron chi connectivity index (χ1n) is 7.12. The van der Waals surface area contributed by atoms with Crippen LogP contribution in [0, 0.1) is 5.92 Å². The summed E-state index contributed by atoms with van der Waals surface area (Å²) in [5.41, 5.74) is 0. The minimum atomic E-state index is -3.52. The van der Waals surface area contributed by atoms with Gasteiger partial charge in [0.2, 0.25) is 14.9 Å². The predicted octanol–water partition coefficient (Wildman–Crippen LogP) is 1.45. The molecule has 0 saturated heterocycles. The standard InChI is InChI=1S/C14H19NO6S/c1-22(19,20)12-8-7-11(21-12)13(16)15-10-6-4-2-3-5-9(10)14(17)18/h7-10H,2-6H2,1H3,(H,15,16)(H,17,18)/t9-,10+/m1/s1. The number of rotatable bonds is 4. The van der Waals surface area contributed by atoms with Crippen LogP contribution in [0.25, 0.3) is 0 Å². The van der Waals surface area contributed by atoms with Crippen molar-refractivity contribution >= 4 is 21.7 Å². The van der Waals surface area contributed by atoms with Crippen LogP contribution < -0.4 is 5.32 Å². The van der Waals surface area contributed by atoms with Crippen molar-refractivity contribution in [2.45, 2.75) is 43.2 Å². The van der Waals surface area contributed by atoms with E-state index in [1.165, 1.54) is 12.1 Å². The van der Waals surface area contributed by atoms with E-state index in [1.54, 1.807) is 0 Å². The Morgan fingerprint density at radius 2 is 1.91 bits per heavy atom. The smallest absolute Gasteiger partial charge is 0.308 e. The summed E-state index contributed by atoms with van der Waals surface area (Å²) in [5, 5.41) is 11.7. The van der Waals surface area contributed by atoms with Gasteiger partial charge in [0.1, 0.15) is 0 Å². The largest absolute Gasteiger partial charge is 0.481 e. The van der Waals surface area contributed by atoms with E-state index in [0.29, 0.717) is 12.8 Å². The van der Waals surface area contributed by atoms with Gasteiger partial charge in [-0.05, 0) is 25.0 Å². The number of nitrogens with one attached hydrogen (secondary N) is 1. The normalized spacial score (nSPS) is 22.8. The lowest BCUT2D eigenvalue weighted by molar-refractivity contribution is -0.142. The molecule has 22 heavy (non-hydrogen) atoms. The number of carboxylic acids is 1. The van der Waals surface area contributed by atoms with Crippen molar-refractivity contribution in [2.24, 2.45) is 5.92 Å². The zero-order chi connectivity index (χ0) is 16.3. The lowest BCUT2D eigenvalue weighted by Gasteiger charge is -2.22. The molecule has 2 rings (SSSR count). The van der Waals surface area contributed by atoms with E-state index in [1.807, 2.05) is 0 Å². The van der Waals surface area contributed by atoms with Crippen LogP contribution in [0.3, 0.4) is 0 Å². The molecule has 1 aromatic heterocycles. The molecular formula is C14H19NO6S. The molecule has 1 aliphatic rings. The minimum absolute atomic E-state index is 0.131. The van der Waals surface area contributed by atoms with Gasteiger partial charge in [-0.1, -0.05) is 19.3 Å². The topological polar surface area (TPSA) is 114 Å². The average Bonchev–Trinajstić information content (AvgIpc) is 2.81. The molecule has 1 aromatic rings. The average molecular weight is 329 g/mol. The number of carbonyl (C=O) groups excluding carboxylic acids is 1. The van der Waals surface area contributed by atoms with Crippen LogP contribution in [-0.2, 0) is 14.6 Å². The summed E-state index contributed by atoms with van der Waals surface area (Å²) in [6.45, 7) is 0. The Hall–Kier alpha value is -1.83. The zero-order valence-corrected chi connectivity index (χ0v) is 13.1. The van der Waals surface area contributed by atoms with Gasteiger partial charge in [-0.3, -0.25) is 9.59 Å². The molecule has 0 radical (unpaired) electrons. The van der Waals surface area contributed by atoms with Crippen molar-refractivity contribution < 1.29 is 27.5 Å². The van der Waals surface area contributed by atoms with E-state index in [2.05, 4.69) is 5.32 Å². The molecular weight excluding hydrogens is 310 g/mol. The van der Waals surface area contributed by atoms with E-state index in [4.69, 9.17) is 4.42 Å². The Bertz CT molecular complexity index is 663. The van der Waals surface area contributed by atoms with Crippen molar-refractivity contribution in [3.05, 3.63) is 17.9 Å². The van der Waals surface area contributed by atoms with Gasteiger partial charge in [0.15, 0.2) is 5.76 Å². The number of aliphatic carboxylic acids is 1. The molecule has 1 saturated carbocycles. The summed E-state index contributed by atoms with van der Waals surface area (Å²) in [6.07, 6.45) is 4.70. The number of carbonyl (C=O) groups is 2. The van der Waals surface area contributed by atoms with Crippen LogP contribution in [0.2, 0.25) is 0 Å². The molecule has 1 aliphatic carbocycles. The third-order valence-corrected chi connectivity index (χ3v) is 4.77. The Kier molecular flexibility index (Phi) is 4.90. The second kappa shape index (κ2) is 6.51. The first-order chi connectivity index (χ1) is 10.3. The highest BCUT2D eigenvalue weighted by Crippen LogP contribution is 2.24. The maximum absolute atomic E-state index is 12.1. The lowest BCUT2D eigenvalue weighted by Crippen LogP contribution is -2.42. The first-order valence-corrected chi connectivity index (χ1v) is 9.02. The number of furan rings is 1.